The van der Waals surface area contributed by atoms with Crippen LogP contribution in [-0.4, -0.2) is 42.0 Å². The van der Waals surface area contributed by atoms with Crippen LogP contribution in [0.15, 0.2) is 24.3 Å². The molecule has 1 unspecified atom stereocenters. The Kier molecular flexibility index (Phi) is 8.57. The molecule has 1 aliphatic carbocycles. The maximum Gasteiger partial charge on any atom is 0.312 e. The summed E-state index contributed by atoms with van der Waals surface area (Å²) in [7, 11) is 0. The molecule has 0 saturated heterocycles. The zero-order valence-corrected chi connectivity index (χ0v) is 16.9. The van der Waals surface area contributed by atoms with Crippen LogP contribution >= 0.6 is 11.6 Å². The minimum absolute atomic E-state index is 0.132. The van der Waals surface area contributed by atoms with E-state index in [-0.39, 0.29) is 25.0 Å². The van der Waals surface area contributed by atoms with Crippen molar-refractivity contribution in [2.75, 3.05) is 13.2 Å². The average molecular weight is 410 g/mol. The molecule has 1 saturated carbocycles. The van der Waals surface area contributed by atoms with Gasteiger partial charge in [-0.2, -0.15) is 0 Å². The first-order chi connectivity index (χ1) is 13.4. The van der Waals surface area contributed by atoms with E-state index in [4.69, 9.17) is 22.1 Å². The van der Waals surface area contributed by atoms with Gasteiger partial charge in [-0.1, -0.05) is 43.0 Å². The van der Waals surface area contributed by atoms with Crippen LogP contribution in [0.25, 0.3) is 0 Å². The molecule has 8 heteroatoms. The Morgan fingerprint density at radius 2 is 1.86 bits per heavy atom. The van der Waals surface area contributed by atoms with E-state index in [1.54, 1.807) is 29.2 Å². The molecule has 28 heavy (non-hydrogen) atoms. The van der Waals surface area contributed by atoms with Crippen LogP contribution in [0.2, 0.25) is 5.02 Å². The normalized spacial score (nSPS) is 15.5. The number of amides is 3. The molecule has 1 aliphatic rings. The molecule has 0 bridgehead atoms. The number of hydrogen-bond acceptors (Lipinski definition) is 4. The molecule has 2 rings (SSSR count). The van der Waals surface area contributed by atoms with Gasteiger partial charge < -0.3 is 20.7 Å². The van der Waals surface area contributed by atoms with Crippen molar-refractivity contribution in [3.05, 3.63) is 34.9 Å². The van der Waals surface area contributed by atoms with Crippen molar-refractivity contribution in [2.45, 2.75) is 57.5 Å². The molecule has 0 aromatic heterocycles. The van der Waals surface area contributed by atoms with E-state index in [0.29, 0.717) is 17.1 Å². The molecule has 3 amide bonds. The lowest BCUT2D eigenvalue weighted by Gasteiger charge is -2.33. The van der Waals surface area contributed by atoms with Gasteiger partial charge in [0.2, 0.25) is 0 Å². The standard InChI is InChI=1S/C20H28ClN3O4/c1-2-24(16-6-4-3-5-7-16)18(25)13-28-19(26)12-17(23-20(22)27)14-8-10-15(21)11-9-14/h8-11,16-17H,2-7,12-13H2,1H3,(H3,22,23,27). The Labute approximate surface area is 170 Å². The Balaban J connectivity index is 1.91. The molecule has 0 heterocycles. The van der Waals surface area contributed by atoms with Gasteiger partial charge in [-0.15, -0.1) is 0 Å². The summed E-state index contributed by atoms with van der Waals surface area (Å²) >= 11 is 5.87. The van der Waals surface area contributed by atoms with Crippen molar-refractivity contribution in [1.29, 1.82) is 0 Å². The highest BCUT2D eigenvalue weighted by atomic mass is 35.5. The van der Waals surface area contributed by atoms with E-state index in [1.807, 2.05) is 6.92 Å². The fraction of sp³-hybridized carbons (Fsp3) is 0.550. The number of ether oxygens (including phenoxy) is 1. The number of carbonyl (C=O) groups is 3. The minimum Gasteiger partial charge on any atom is -0.455 e. The van der Waals surface area contributed by atoms with Crippen molar-refractivity contribution < 1.29 is 19.1 Å². The molecule has 3 N–H and O–H groups in total. The topological polar surface area (TPSA) is 102 Å². The summed E-state index contributed by atoms with van der Waals surface area (Å²) in [6.07, 6.45) is 5.30. The molecule has 1 aromatic rings. The zero-order chi connectivity index (χ0) is 20.5. The lowest BCUT2D eigenvalue weighted by atomic mass is 9.94. The van der Waals surface area contributed by atoms with Gasteiger partial charge in [0.05, 0.1) is 12.5 Å². The van der Waals surface area contributed by atoms with Crippen LogP contribution in [-0.2, 0) is 14.3 Å². The first-order valence-corrected chi connectivity index (χ1v) is 10.0. The lowest BCUT2D eigenvalue weighted by Crippen LogP contribution is -2.43. The van der Waals surface area contributed by atoms with E-state index in [1.165, 1.54) is 6.42 Å². The largest absolute Gasteiger partial charge is 0.455 e. The van der Waals surface area contributed by atoms with E-state index in [2.05, 4.69) is 5.32 Å². The highest BCUT2D eigenvalue weighted by molar-refractivity contribution is 6.30. The third-order valence-corrected chi connectivity index (χ3v) is 5.24. The minimum atomic E-state index is -0.752. The smallest absolute Gasteiger partial charge is 0.312 e. The molecular formula is C20H28ClN3O4. The summed E-state index contributed by atoms with van der Waals surface area (Å²) < 4.78 is 5.19. The van der Waals surface area contributed by atoms with Gasteiger partial charge in [0.15, 0.2) is 6.61 Å². The summed E-state index contributed by atoms with van der Waals surface area (Å²) in [4.78, 5) is 37.8. The predicted molar refractivity (Wildman–Crippen MR) is 107 cm³/mol. The van der Waals surface area contributed by atoms with Gasteiger partial charge in [0.1, 0.15) is 0 Å². The SMILES string of the molecule is CCN(C(=O)COC(=O)CC(NC(N)=O)c1ccc(Cl)cc1)C1CCCCC1. The summed E-state index contributed by atoms with van der Waals surface area (Å²) in [6.45, 7) is 2.23. The van der Waals surface area contributed by atoms with Gasteiger partial charge in [-0.25, -0.2) is 4.79 Å². The average Bonchev–Trinajstić information content (AvgIpc) is 2.67. The lowest BCUT2D eigenvalue weighted by molar-refractivity contribution is -0.153. The summed E-state index contributed by atoms with van der Waals surface area (Å²) in [5.74, 6) is -0.768. The highest BCUT2D eigenvalue weighted by Crippen LogP contribution is 2.23. The molecule has 0 radical (unpaired) electrons. The molecule has 1 fully saturated rings. The first kappa shape index (κ1) is 22.0. The number of esters is 1. The van der Waals surface area contributed by atoms with E-state index in [0.717, 1.165) is 25.7 Å². The Morgan fingerprint density at radius 1 is 1.21 bits per heavy atom. The quantitative estimate of drug-likeness (QED) is 0.643. The number of carbonyl (C=O) groups excluding carboxylic acids is 3. The van der Waals surface area contributed by atoms with Gasteiger partial charge in [-0.05, 0) is 37.5 Å². The van der Waals surface area contributed by atoms with Crippen LogP contribution in [0.4, 0.5) is 4.79 Å². The summed E-state index contributed by atoms with van der Waals surface area (Å²) in [5.41, 5.74) is 5.88. The number of benzene rings is 1. The number of halogens is 1. The van der Waals surface area contributed by atoms with Crippen molar-refractivity contribution in [2.24, 2.45) is 5.73 Å². The van der Waals surface area contributed by atoms with Crippen molar-refractivity contribution in [3.63, 3.8) is 0 Å². The number of nitrogens with two attached hydrogens (primary N) is 1. The number of rotatable bonds is 8. The zero-order valence-electron chi connectivity index (χ0n) is 16.2. The molecule has 154 valence electrons. The Morgan fingerprint density at radius 3 is 2.43 bits per heavy atom. The molecule has 1 aromatic carbocycles. The highest BCUT2D eigenvalue weighted by Gasteiger charge is 2.25. The van der Waals surface area contributed by atoms with Crippen LogP contribution in [0.3, 0.4) is 0 Å². The summed E-state index contributed by atoms with van der Waals surface area (Å²) in [6, 6.07) is 5.53. The third kappa shape index (κ3) is 6.71. The number of urea groups is 1. The maximum absolute atomic E-state index is 12.5. The van der Waals surface area contributed by atoms with Crippen LogP contribution in [0.5, 0.6) is 0 Å². The number of likely N-dealkylation sites (N-methyl/N-ethyl adjacent to an activating group) is 1. The first-order valence-electron chi connectivity index (χ1n) is 9.67. The molecule has 0 aliphatic heterocycles. The van der Waals surface area contributed by atoms with Crippen molar-refractivity contribution in [3.8, 4) is 0 Å². The molecule has 1 atom stereocenters. The van der Waals surface area contributed by atoms with E-state index < -0.39 is 18.0 Å². The summed E-state index contributed by atoms with van der Waals surface area (Å²) in [5, 5.41) is 3.06. The second-order valence-electron chi connectivity index (χ2n) is 6.95. The van der Waals surface area contributed by atoms with Crippen LogP contribution in [0.1, 0.15) is 57.1 Å². The second kappa shape index (κ2) is 10.9. The number of hydrogen-bond donors (Lipinski definition) is 2. The van der Waals surface area contributed by atoms with Gasteiger partial charge in [-0.3, -0.25) is 9.59 Å². The Bertz CT molecular complexity index is 675. The predicted octanol–water partition coefficient (Wildman–Crippen LogP) is 3.16. The Hall–Kier alpha value is -2.28. The molecule has 0 spiro atoms. The van der Waals surface area contributed by atoms with E-state index >= 15 is 0 Å². The second-order valence-corrected chi connectivity index (χ2v) is 7.39. The fourth-order valence-electron chi connectivity index (χ4n) is 3.60. The van der Waals surface area contributed by atoms with E-state index in [9.17, 15) is 14.4 Å². The van der Waals surface area contributed by atoms with Gasteiger partial charge in [0.25, 0.3) is 5.91 Å². The maximum atomic E-state index is 12.5. The fourth-order valence-corrected chi connectivity index (χ4v) is 3.73. The number of nitrogens with one attached hydrogen (secondary N) is 1. The van der Waals surface area contributed by atoms with Gasteiger partial charge >= 0.3 is 12.0 Å². The van der Waals surface area contributed by atoms with Crippen molar-refractivity contribution in [1.82, 2.24) is 10.2 Å². The third-order valence-electron chi connectivity index (χ3n) is 4.99. The monoisotopic (exact) mass is 409 g/mol. The van der Waals surface area contributed by atoms with Crippen LogP contribution in [0, 0.1) is 0 Å². The van der Waals surface area contributed by atoms with Crippen LogP contribution < -0.4 is 11.1 Å². The van der Waals surface area contributed by atoms with Gasteiger partial charge in [0, 0.05) is 17.6 Å². The number of nitrogens with zero attached hydrogens (tertiary/aromatic N) is 1. The molecule has 7 nitrogen and oxygen atoms in total. The van der Waals surface area contributed by atoms with Crippen molar-refractivity contribution >= 4 is 29.5 Å². The number of primary amides is 1. The molecular weight excluding hydrogens is 382 g/mol.